The first-order valence-electron chi connectivity index (χ1n) is 6.74. The summed E-state index contributed by atoms with van der Waals surface area (Å²) in [5, 5.41) is 4.88. The summed E-state index contributed by atoms with van der Waals surface area (Å²) in [5.74, 6) is 0.812. The fourth-order valence-corrected chi connectivity index (χ4v) is 5.99. The molecule has 1 spiro atoms. The molecule has 3 heteroatoms. The summed E-state index contributed by atoms with van der Waals surface area (Å²) in [5.41, 5.74) is 0.895. The molecule has 1 N–H and O–H groups in total. The van der Waals surface area contributed by atoms with Gasteiger partial charge in [0.05, 0.1) is 12.2 Å². The van der Waals surface area contributed by atoms with Gasteiger partial charge >= 0.3 is 0 Å². The van der Waals surface area contributed by atoms with Crippen LogP contribution in [0.4, 0.5) is 0 Å². The number of piperidine rings is 1. The Morgan fingerprint density at radius 1 is 1.18 bits per heavy atom. The van der Waals surface area contributed by atoms with Gasteiger partial charge < -0.3 is 10.1 Å². The third-order valence-electron chi connectivity index (χ3n) is 5.07. The number of alkyl halides is 1. The van der Waals surface area contributed by atoms with Gasteiger partial charge in [0.2, 0.25) is 0 Å². The Morgan fingerprint density at radius 3 is 2.24 bits per heavy atom. The molecular weight excluding hydrogens is 278 g/mol. The Hall–Kier alpha value is 0.400. The van der Waals surface area contributed by atoms with Gasteiger partial charge in [-0.3, -0.25) is 0 Å². The minimum absolute atomic E-state index is 0.111. The molecule has 17 heavy (non-hydrogen) atoms. The Labute approximate surface area is 113 Å². The molecule has 0 aromatic rings. The number of rotatable bonds is 1. The van der Waals surface area contributed by atoms with E-state index in [9.17, 15) is 0 Å². The first kappa shape index (κ1) is 12.4. The van der Waals surface area contributed by atoms with Crippen molar-refractivity contribution in [2.45, 2.75) is 63.6 Å². The van der Waals surface area contributed by atoms with Gasteiger partial charge in [-0.05, 0) is 52.9 Å². The normalized spacial score (nSPS) is 44.6. The van der Waals surface area contributed by atoms with Crippen LogP contribution in [0, 0.1) is 11.3 Å². The summed E-state index contributed by atoms with van der Waals surface area (Å²) in [6, 6.07) is 0. The monoisotopic (exact) mass is 301 g/mol. The highest BCUT2D eigenvalue weighted by Crippen LogP contribution is 2.70. The maximum absolute atomic E-state index is 6.34. The fraction of sp³-hybridized carbons (Fsp3) is 1.00. The van der Waals surface area contributed by atoms with E-state index in [2.05, 4.69) is 48.9 Å². The molecular formula is C14H24BrNO. The maximum Gasteiger partial charge on any atom is 0.0784 e. The van der Waals surface area contributed by atoms with Crippen LogP contribution in [0.15, 0.2) is 0 Å². The van der Waals surface area contributed by atoms with Crippen molar-refractivity contribution in [3.05, 3.63) is 0 Å². The van der Waals surface area contributed by atoms with Gasteiger partial charge in [0.15, 0.2) is 0 Å². The average molecular weight is 302 g/mol. The van der Waals surface area contributed by atoms with Crippen LogP contribution in [0.2, 0.25) is 0 Å². The predicted octanol–water partition coefficient (Wildman–Crippen LogP) is 3.10. The number of hydrogen-bond acceptors (Lipinski definition) is 2. The Bertz CT molecular complexity index is 332. The summed E-state index contributed by atoms with van der Waals surface area (Å²) in [4.78, 5) is 0. The van der Waals surface area contributed by atoms with E-state index in [0.717, 1.165) is 30.7 Å². The second-order valence-corrected chi connectivity index (χ2v) is 8.30. The summed E-state index contributed by atoms with van der Waals surface area (Å²) in [6.07, 6.45) is 3.65. The number of ether oxygens (including phenoxy) is 1. The molecule has 2 saturated heterocycles. The van der Waals surface area contributed by atoms with Crippen molar-refractivity contribution >= 4 is 15.9 Å². The number of hydrogen-bond donors (Lipinski definition) is 1. The zero-order valence-corrected chi connectivity index (χ0v) is 13.0. The smallest absolute Gasteiger partial charge is 0.0784 e. The summed E-state index contributed by atoms with van der Waals surface area (Å²) >= 11 is 3.76. The second-order valence-electron chi connectivity index (χ2n) is 7.74. The fourth-order valence-electron chi connectivity index (χ4n) is 4.80. The van der Waals surface area contributed by atoms with E-state index in [1.54, 1.807) is 0 Å². The molecule has 1 aliphatic carbocycles. The molecule has 3 fully saturated rings. The molecule has 2 unspecified atom stereocenters. The van der Waals surface area contributed by atoms with E-state index in [4.69, 9.17) is 4.74 Å². The van der Waals surface area contributed by atoms with E-state index in [-0.39, 0.29) is 16.7 Å². The topological polar surface area (TPSA) is 21.3 Å². The van der Waals surface area contributed by atoms with Gasteiger partial charge in [0, 0.05) is 21.8 Å². The maximum atomic E-state index is 6.34. The van der Waals surface area contributed by atoms with Gasteiger partial charge in [-0.2, -0.15) is 0 Å². The van der Waals surface area contributed by atoms with Crippen molar-refractivity contribution in [2.24, 2.45) is 11.3 Å². The van der Waals surface area contributed by atoms with Crippen LogP contribution in [0.3, 0.4) is 0 Å². The molecule has 1 saturated carbocycles. The van der Waals surface area contributed by atoms with Crippen LogP contribution in [-0.4, -0.2) is 28.6 Å². The molecule has 3 aliphatic rings. The Kier molecular flexibility index (Phi) is 2.40. The summed E-state index contributed by atoms with van der Waals surface area (Å²) in [7, 11) is 0. The highest BCUT2D eigenvalue weighted by atomic mass is 79.9. The van der Waals surface area contributed by atoms with E-state index < -0.39 is 0 Å². The second kappa shape index (κ2) is 3.29. The third kappa shape index (κ3) is 1.65. The molecule has 0 aromatic carbocycles. The molecule has 2 aliphatic heterocycles. The van der Waals surface area contributed by atoms with Crippen molar-refractivity contribution in [3.8, 4) is 0 Å². The first-order valence-corrected chi connectivity index (χ1v) is 7.86. The molecule has 3 rings (SSSR count). The molecule has 2 atom stereocenters. The average Bonchev–Trinajstić information content (AvgIpc) is 2.79. The largest absolute Gasteiger partial charge is 0.374 e. The quantitative estimate of drug-likeness (QED) is 0.752. The molecule has 0 amide bonds. The number of halogens is 1. The molecule has 2 heterocycles. The Balaban J connectivity index is 1.97. The van der Waals surface area contributed by atoms with E-state index >= 15 is 0 Å². The van der Waals surface area contributed by atoms with Gasteiger partial charge in [0.1, 0.15) is 0 Å². The lowest BCUT2D eigenvalue weighted by molar-refractivity contribution is -0.114. The lowest BCUT2D eigenvalue weighted by Crippen LogP contribution is -2.66. The molecule has 0 radical (unpaired) electrons. The Morgan fingerprint density at radius 2 is 1.76 bits per heavy atom. The van der Waals surface area contributed by atoms with Gasteiger partial charge in [-0.1, -0.05) is 15.9 Å². The van der Waals surface area contributed by atoms with Crippen LogP contribution < -0.4 is 5.32 Å². The third-order valence-corrected chi connectivity index (χ3v) is 6.07. The minimum atomic E-state index is 0.111. The van der Waals surface area contributed by atoms with Crippen LogP contribution in [0.25, 0.3) is 0 Å². The highest BCUT2D eigenvalue weighted by molar-refractivity contribution is 9.09. The van der Waals surface area contributed by atoms with Crippen LogP contribution in [0.1, 0.15) is 47.0 Å². The van der Waals surface area contributed by atoms with Crippen molar-refractivity contribution in [3.63, 3.8) is 0 Å². The van der Waals surface area contributed by atoms with Crippen molar-refractivity contribution in [1.29, 1.82) is 0 Å². The zero-order chi connectivity index (χ0) is 12.5. The zero-order valence-electron chi connectivity index (χ0n) is 11.4. The number of fused-ring (bicyclic) bond motifs is 2. The molecule has 2 nitrogen and oxygen atoms in total. The first-order chi connectivity index (χ1) is 7.74. The SMILES string of the molecule is CC1(C)CC2(CC(C)(C)N1)OCC1CC12CBr. The minimum Gasteiger partial charge on any atom is -0.374 e. The van der Waals surface area contributed by atoms with Gasteiger partial charge in [-0.15, -0.1) is 0 Å². The van der Waals surface area contributed by atoms with Crippen molar-refractivity contribution in [1.82, 2.24) is 5.32 Å². The van der Waals surface area contributed by atoms with Crippen LogP contribution >= 0.6 is 15.9 Å². The van der Waals surface area contributed by atoms with E-state index in [0.29, 0.717) is 5.41 Å². The van der Waals surface area contributed by atoms with Gasteiger partial charge in [-0.25, -0.2) is 0 Å². The van der Waals surface area contributed by atoms with Crippen molar-refractivity contribution < 1.29 is 4.74 Å². The van der Waals surface area contributed by atoms with E-state index in [1.165, 1.54) is 6.42 Å². The molecule has 0 aromatic heterocycles. The molecule has 0 bridgehead atoms. The lowest BCUT2D eigenvalue weighted by Gasteiger charge is -2.54. The highest BCUT2D eigenvalue weighted by Gasteiger charge is 2.73. The lowest BCUT2D eigenvalue weighted by atomic mass is 9.66. The molecule has 98 valence electrons. The van der Waals surface area contributed by atoms with Gasteiger partial charge in [0.25, 0.3) is 0 Å². The summed E-state index contributed by atoms with van der Waals surface area (Å²) in [6.45, 7) is 10.2. The standard InChI is InChI=1S/C14H24BrNO/c1-11(2)7-14(8-12(3,4)16-11)13(9-15)5-10(13)6-17-14/h10,16H,5-9H2,1-4H3. The summed E-state index contributed by atoms with van der Waals surface area (Å²) < 4.78 is 6.34. The van der Waals surface area contributed by atoms with Crippen LogP contribution in [-0.2, 0) is 4.74 Å². The van der Waals surface area contributed by atoms with E-state index in [1.807, 2.05) is 0 Å². The number of nitrogens with one attached hydrogen (secondary N) is 1. The predicted molar refractivity (Wildman–Crippen MR) is 73.5 cm³/mol. The van der Waals surface area contributed by atoms with Crippen LogP contribution in [0.5, 0.6) is 0 Å². The van der Waals surface area contributed by atoms with Crippen molar-refractivity contribution in [2.75, 3.05) is 11.9 Å².